The molecule has 1 aromatic carbocycles. The molecule has 4 aliphatic rings. The van der Waals surface area contributed by atoms with Crippen molar-refractivity contribution in [3.05, 3.63) is 35.4 Å². The molecule has 1 aliphatic heterocycles. The molecule has 0 radical (unpaired) electrons. The zero-order valence-electron chi connectivity index (χ0n) is 24.2. The summed E-state index contributed by atoms with van der Waals surface area (Å²) in [5.74, 6) is 2.29. The quantitative estimate of drug-likeness (QED) is 0.465. The van der Waals surface area contributed by atoms with Crippen molar-refractivity contribution in [2.24, 2.45) is 34.0 Å². The van der Waals surface area contributed by atoms with Crippen LogP contribution in [0.2, 0.25) is 0 Å². The molecule has 37 heavy (non-hydrogen) atoms. The van der Waals surface area contributed by atoms with Gasteiger partial charge in [0.25, 0.3) is 0 Å². The molecule has 2 amide bonds. The topological polar surface area (TPSA) is 49.4 Å². The predicted octanol–water partition coefficient (Wildman–Crippen LogP) is 6.73. The SMILES string of the molecule is CC(C)Cc1ccc(C(C)C(=O)NC[C@@]23CCC[C@@]2(C)CC[C@H]2[C@H]3CC[C@H]3N(C)C(=O)CC[C@]23C)cc1. The molecule has 4 heteroatoms. The Morgan fingerprint density at radius 3 is 2.43 bits per heavy atom. The maximum atomic E-state index is 13.5. The van der Waals surface area contributed by atoms with Gasteiger partial charge in [-0.2, -0.15) is 0 Å². The van der Waals surface area contributed by atoms with Gasteiger partial charge in [-0.15, -0.1) is 0 Å². The molecule has 4 nitrogen and oxygen atoms in total. The van der Waals surface area contributed by atoms with Crippen LogP contribution < -0.4 is 5.32 Å². The Balaban J connectivity index is 1.34. The fourth-order valence-corrected chi connectivity index (χ4v) is 9.70. The van der Waals surface area contributed by atoms with E-state index in [1.807, 2.05) is 7.05 Å². The number of benzene rings is 1. The molecular formula is C33H50N2O2. The highest BCUT2D eigenvalue weighted by molar-refractivity contribution is 5.83. The van der Waals surface area contributed by atoms with Crippen LogP contribution >= 0.6 is 0 Å². The van der Waals surface area contributed by atoms with E-state index >= 15 is 0 Å². The smallest absolute Gasteiger partial charge is 0.227 e. The zero-order valence-corrected chi connectivity index (χ0v) is 24.2. The van der Waals surface area contributed by atoms with Crippen molar-refractivity contribution in [2.45, 2.75) is 111 Å². The van der Waals surface area contributed by atoms with Crippen LogP contribution in [-0.4, -0.2) is 36.3 Å². The van der Waals surface area contributed by atoms with Gasteiger partial charge in [0.1, 0.15) is 0 Å². The average Bonchev–Trinajstić information content (AvgIpc) is 3.22. The number of fused-ring (bicyclic) bond motifs is 5. The van der Waals surface area contributed by atoms with Gasteiger partial charge in [-0.05, 0) is 103 Å². The first-order valence-corrected chi connectivity index (χ1v) is 15.1. The van der Waals surface area contributed by atoms with E-state index in [1.165, 1.54) is 44.1 Å². The highest BCUT2D eigenvalue weighted by Crippen LogP contribution is 2.70. The average molecular weight is 507 g/mol. The number of carbonyl (C=O) groups is 2. The Hall–Kier alpha value is -1.84. The van der Waals surface area contributed by atoms with Crippen molar-refractivity contribution in [2.75, 3.05) is 13.6 Å². The Kier molecular flexibility index (Phi) is 7.03. The molecule has 204 valence electrons. The number of likely N-dealkylation sites (tertiary alicyclic amines) is 1. The Bertz CT molecular complexity index is 1020. The van der Waals surface area contributed by atoms with E-state index < -0.39 is 0 Å². The minimum Gasteiger partial charge on any atom is -0.355 e. The summed E-state index contributed by atoms with van der Waals surface area (Å²) < 4.78 is 0. The molecule has 3 saturated carbocycles. The largest absolute Gasteiger partial charge is 0.355 e. The first-order valence-electron chi connectivity index (χ1n) is 15.1. The maximum absolute atomic E-state index is 13.5. The van der Waals surface area contributed by atoms with E-state index in [0.717, 1.165) is 31.4 Å². The fourth-order valence-electron chi connectivity index (χ4n) is 9.70. The number of nitrogens with one attached hydrogen (secondary N) is 1. The van der Waals surface area contributed by atoms with Crippen molar-refractivity contribution >= 4 is 11.8 Å². The maximum Gasteiger partial charge on any atom is 0.227 e. The lowest BCUT2D eigenvalue weighted by molar-refractivity contribution is -0.172. The van der Waals surface area contributed by atoms with Crippen molar-refractivity contribution in [3.8, 4) is 0 Å². The zero-order chi connectivity index (χ0) is 26.6. The van der Waals surface area contributed by atoms with Crippen molar-refractivity contribution in [1.29, 1.82) is 0 Å². The molecule has 0 spiro atoms. The molecule has 0 bridgehead atoms. The number of hydrogen-bond acceptors (Lipinski definition) is 2. The van der Waals surface area contributed by atoms with Gasteiger partial charge in [0.05, 0.1) is 5.92 Å². The Morgan fingerprint density at radius 2 is 1.73 bits per heavy atom. The van der Waals surface area contributed by atoms with Crippen molar-refractivity contribution in [1.82, 2.24) is 10.2 Å². The number of hydrogen-bond donors (Lipinski definition) is 1. The highest BCUT2D eigenvalue weighted by atomic mass is 16.2. The minimum atomic E-state index is -0.136. The van der Waals surface area contributed by atoms with Gasteiger partial charge in [-0.3, -0.25) is 9.59 Å². The van der Waals surface area contributed by atoms with E-state index in [9.17, 15) is 9.59 Å². The summed E-state index contributed by atoms with van der Waals surface area (Å²) in [6.07, 6.45) is 11.5. The first-order chi connectivity index (χ1) is 17.5. The summed E-state index contributed by atoms with van der Waals surface area (Å²) in [7, 11) is 2.04. The monoisotopic (exact) mass is 506 g/mol. The molecular weight excluding hydrogens is 456 g/mol. The van der Waals surface area contributed by atoms with Gasteiger partial charge in [0.2, 0.25) is 11.8 Å². The summed E-state index contributed by atoms with van der Waals surface area (Å²) in [6, 6.07) is 9.08. The number of rotatable bonds is 6. The third-order valence-electron chi connectivity index (χ3n) is 11.9. The lowest BCUT2D eigenvalue weighted by Crippen LogP contribution is -2.64. The predicted molar refractivity (Wildman–Crippen MR) is 150 cm³/mol. The molecule has 4 fully saturated rings. The summed E-state index contributed by atoms with van der Waals surface area (Å²) in [5.41, 5.74) is 3.15. The minimum absolute atomic E-state index is 0.136. The van der Waals surface area contributed by atoms with Crippen LogP contribution in [0.3, 0.4) is 0 Å². The summed E-state index contributed by atoms with van der Waals surface area (Å²) >= 11 is 0. The third-order valence-corrected chi connectivity index (χ3v) is 11.9. The van der Waals surface area contributed by atoms with E-state index in [4.69, 9.17) is 0 Å². The lowest BCUT2D eigenvalue weighted by atomic mass is 9.42. The Morgan fingerprint density at radius 1 is 1.00 bits per heavy atom. The van der Waals surface area contributed by atoms with E-state index in [2.05, 4.69) is 69.1 Å². The van der Waals surface area contributed by atoms with Gasteiger partial charge in [0.15, 0.2) is 0 Å². The number of nitrogens with zero attached hydrogens (tertiary/aromatic N) is 1. The van der Waals surface area contributed by atoms with Gasteiger partial charge in [-0.25, -0.2) is 0 Å². The summed E-state index contributed by atoms with van der Waals surface area (Å²) in [5, 5.41) is 3.51. The molecule has 7 atom stereocenters. The van der Waals surface area contributed by atoms with Crippen LogP contribution in [0.25, 0.3) is 0 Å². The molecule has 5 rings (SSSR count). The molecule has 1 N–H and O–H groups in total. The van der Waals surface area contributed by atoms with Gasteiger partial charge in [-0.1, -0.05) is 58.4 Å². The van der Waals surface area contributed by atoms with Crippen LogP contribution in [0.1, 0.15) is 109 Å². The second-order valence-electron chi connectivity index (χ2n) is 14.2. The number of amides is 2. The fraction of sp³-hybridized carbons (Fsp3) is 0.758. The molecule has 1 saturated heterocycles. The van der Waals surface area contributed by atoms with E-state index in [0.29, 0.717) is 41.5 Å². The second-order valence-corrected chi connectivity index (χ2v) is 14.2. The number of piperidine rings is 1. The lowest BCUT2D eigenvalue weighted by Gasteiger charge is -2.65. The third kappa shape index (κ3) is 4.35. The van der Waals surface area contributed by atoms with Crippen LogP contribution in [0.4, 0.5) is 0 Å². The molecule has 0 aromatic heterocycles. The van der Waals surface area contributed by atoms with Crippen LogP contribution in [-0.2, 0) is 16.0 Å². The summed E-state index contributed by atoms with van der Waals surface area (Å²) in [4.78, 5) is 28.2. The molecule has 1 aromatic rings. The van der Waals surface area contributed by atoms with Gasteiger partial charge >= 0.3 is 0 Å². The van der Waals surface area contributed by atoms with E-state index in [-0.39, 0.29) is 22.7 Å². The Labute approximate surface area is 225 Å². The molecule has 1 heterocycles. The summed E-state index contributed by atoms with van der Waals surface area (Å²) in [6.45, 7) is 12.4. The van der Waals surface area contributed by atoms with Crippen LogP contribution in [0.5, 0.6) is 0 Å². The van der Waals surface area contributed by atoms with Crippen LogP contribution in [0, 0.1) is 34.0 Å². The van der Waals surface area contributed by atoms with E-state index in [1.54, 1.807) is 0 Å². The standard InChI is InChI=1S/C33H50N2O2/c1-22(2)20-24-8-10-25(11-9-24)23(3)30(37)34-21-33-17-7-16-31(33,4)18-14-26-27(33)12-13-28-32(26,5)19-15-29(36)35(28)6/h8-11,22-23,26-28H,7,12-21H2,1-6H3,(H,34,37)/t23?,26-,27+,28+,31-,32+,33+/m0/s1. The van der Waals surface area contributed by atoms with Crippen molar-refractivity contribution < 1.29 is 9.59 Å². The second kappa shape index (κ2) is 9.72. The molecule has 1 unspecified atom stereocenters. The van der Waals surface area contributed by atoms with Crippen molar-refractivity contribution in [3.63, 3.8) is 0 Å². The molecule has 3 aliphatic carbocycles. The highest BCUT2D eigenvalue weighted by Gasteiger charge is 2.65. The number of carbonyl (C=O) groups excluding carboxylic acids is 2. The first kappa shape index (κ1) is 26.8. The van der Waals surface area contributed by atoms with Crippen LogP contribution in [0.15, 0.2) is 24.3 Å². The van der Waals surface area contributed by atoms with Gasteiger partial charge < -0.3 is 10.2 Å². The normalized spacial score (nSPS) is 38.1. The van der Waals surface area contributed by atoms with Gasteiger partial charge in [0, 0.05) is 26.1 Å².